The Morgan fingerprint density at radius 1 is 1.07 bits per heavy atom. The summed E-state index contributed by atoms with van der Waals surface area (Å²) in [5.74, 6) is -0.482. The number of esters is 2. The van der Waals surface area contributed by atoms with E-state index in [4.69, 9.17) is 0 Å². The van der Waals surface area contributed by atoms with Crippen LogP contribution in [0.1, 0.15) is 39.0 Å². The van der Waals surface area contributed by atoms with Gasteiger partial charge in [-0.2, -0.15) is 0 Å². The molecule has 0 amide bonds. The maximum Gasteiger partial charge on any atom is 0.305 e. The fourth-order valence-electron chi connectivity index (χ4n) is 1.41. The maximum atomic E-state index is 11.1. The molecule has 0 fully saturated rings. The van der Waals surface area contributed by atoms with Gasteiger partial charge in [0, 0.05) is 12.8 Å². The molecule has 0 aromatic carbocycles. The SMILES string of the molecule is CCCCC(CC(=O)OC)CC(=O)OC. The summed E-state index contributed by atoms with van der Waals surface area (Å²) >= 11 is 0. The molecule has 0 saturated carbocycles. The molecular formula is C11H20O4. The Balaban J connectivity index is 4.05. The highest BCUT2D eigenvalue weighted by atomic mass is 16.5. The molecule has 0 aliphatic heterocycles. The average Bonchev–Trinajstić information content (AvgIpc) is 2.25. The second kappa shape index (κ2) is 8.26. The molecular weight excluding hydrogens is 196 g/mol. The van der Waals surface area contributed by atoms with Gasteiger partial charge in [0.05, 0.1) is 14.2 Å². The number of rotatable bonds is 7. The summed E-state index contributed by atoms with van der Waals surface area (Å²) in [6.07, 6.45) is 3.52. The number of ether oxygens (including phenoxy) is 2. The van der Waals surface area contributed by atoms with Crippen molar-refractivity contribution >= 4 is 11.9 Å². The number of unbranched alkanes of at least 4 members (excludes halogenated alkanes) is 1. The van der Waals surface area contributed by atoms with E-state index in [1.54, 1.807) is 0 Å². The van der Waals surface area contributed by atoms with Gasteiger partial charge in [-0.3, -0.25) is 9.59 Å². The van der Waals surface area contributed by atoms with Gasteiger partial charge in [0.25, 0.3) is 0 Å². The minimum Gasteiger partial charge on any atom is -0.469 e. The lowest BCUT2D eigenvalue weighted by Crippen LogP contribution is -2.15. The van der Waals surface area contributed by atoms with Crippen LogP contribution in [-0.4, -0.2) is 26.2 Å². The first kappa shape index (κ1) is 13.9. The molecule has 0 aliphatic carbocycles. The molecule has 0 N–H and O–H groups in total. The highest BCUT2D eigenvalue weighted by molar-refractivity contribution is 5.73. The number of hydrogen-bond donors (Lipinski definition) is 0. The number of methoxy groups -OCH3 is 2. The Labute approximate surface area is 90.9 Å². The molecule has 15 heavy (non-hydrogen) atoms. The number of hydrogen-bond acceptors (Lipinski definition) is 4. The minimum absolute atomic E-state index is 0.0462. The summed E-state index contributed by atoms with van der Waals surface area (Å²) < 4.78 is 9.17. The molecule has 0 aliphatic rings. The van der Waals surface area contributed by atoms with Gasteiger partial charge >= 0.3 is 11.9 Å². The molecule has 0 heterocycles. The van der Waals surface area contributed by atoms with Crippen molar-refractivity contribution in [3.05, 3.63) is 0 Å². The van der Waals surface area contributed by atoms with Gasteiger partial charge in [0.15, 0.2) is 0 Å². The lowest BCUT2D eigenvalue weighted by molar-refractivity contribution is -0.144. The maximum absolute atomic E-state index is 11.1. The Kier molecular flexibility index (Phi) is 7.68. The number of carbonyl (C=O) groups is 2. The first-order valence-corrected chi connectivity index (χ1v) is 5.27. The highest BCUT2D eigenvalue weighted by Crippen LogP contribution is 2.18. The highest BCUT2D eigenvalue weighted by Gasteiger charge is 2.17. The Morgan fingerprint density at radius 3 is 1.87 bits per heavy atom. The predicted octanol–water partition coefficient (Wildman–Crippen LogP) is 1.92. The summed E-state index contributed by atoms with van der Waals surface area (Å²) in [5, 5.41) is 0. The van der Waals surface area contributed by atoms with Crippen LogP contribution in [0.2, 0.25) is 0 Å². The third-order valence-corrected chi connectivity index (χ3v) is 2.33. The van der Waals surface area contributed by atoms with Crippen LogP contribution < -0.4 is 0 Å². The molecule has 0 aromatic heterocycles. The van der Waals surface area contributed by atoms with Gasteiger partial charge in [-0.15, -0.1) is 0 Å². The van der Waals surface area contributed by atoms with Gasteiger partial charge < -0.3 is 9.47 Å². The molecule has 0 rings (SSSR count). The van der Waals surface area contributed by atoms with Crippen molar-refractivity contribution in [1.82, 2.24) is 0 Å². The van der Waals surface area contributed by atoms with Gasteiger partial charge in [0.1, 0.15) is 0 Å². The third kappa shape index (κ3) is 6.94. The molecule has 4 nitrogen and oxygen atoms in total. The van der Waals surface area contributed by atoms with Crippen molar-refractivity contribution in [3.8, 4) is 0 Å². The molecule has 0 unspecified atom stereocenters. The zero-order valence-corrected chi connectivity index (χ0v) is 9.75. The molecule has 0 spiro atoms. The van der Waals surface area contributed by atoms with E-state index in [1.807, 2.05) is 0 Å². The Bertz CT molecular complexity index is 183. The van der Waals surface area contributed by atoms with Crippen molar-refractivity contribution in [2.75, 3.05) is 14.2 Å². The Morgan fingerprint density at radius 2 is 1.53 bits per heavy atom. The van der Waals surface area contributed by atoms with Crippen molar-refractivity contribution < 1.29 is 19.1 Å². The van der Waals surface area contributed by atoms with E-state index in [0.717, 1.165) is 19.3 Å². The summed E-state index contributed by atoms with van der Waals surface area (Å²) in [6, 6.07) is 0. The van der Waals surface area contributed by atoms with E-state index in [-0.39, 0.29) is 17.9 Å². The van der Waals surface area contributed by atoms with E-state index in [0.29, 0.717) is 12.8 Å². The van der Waals surface area contributed by atoms with E-state index in [1.165, 1.54) is 14.2 Å². The van der Waals surface area contributed by atoms with E-state index >= 15 is 0 Å². The quantitative estimate of drug-likeness (QED) is 0.610. The molecule has 0 atom stereocenters. The van der Waals surface area contributed by atoms with Crippen LogP contribution in [0.5, 0.6) is 0 Å². The van der Waals surface area contributed by atoms with Crippen LogP contribution in [0.15, 0.2) is 0 Å². The topological polar surface area (TPSA) is 52.6 Å². The van der Waals surface area contributed by atoms with Gasteiger partial charge in [-0.1, -0.05) is 19.8 Å². The van der Waals surface area contributed by atoms with Crippen molar-refractivity contribution in [2.45, 2.75) is 39.0 Å². The second-order valence-corrected chi connectivity index (χ2v) is 3.57. The summed E-state index contributed by atoms with van der Waals surface area (Å²) in [5.41, 5.74) is 0. The third-order valence-electron chi connectivity index (χ3n) is 2.33. The minimum atomic E-state index is -0.264. The number of carbonyl (C=O) groups excluding carboxylic acids is 2. The fraction of sp³-hybridized carbons (Fsp3) is 0.818. The predicted molar refractivity (Wildman–Crippen MR) is 56.3 cm³/mol. The van der Waals surface area contributed by atoms with Crippen molar-refractivity contribution in [1.29, 1.82) is 0 Å². The average molecular weight is 216 g/mol. The van der Waals surface area contributed by atoms with Crippen LogP contribution in [0.25, 0.3) is 0 Å². The summed E-state index contributed by atoms with van der Waals surface area (Å²) in [6.45, 7) is 2.08. The fourth-order valence-corrected chi connectivity index (χ4v) is 1.41. The molecule has 0 aromatic rings. The van der Waals surface area contributed by atoms with Crippen LogP contribution in [-0.2, 0) is 19.1 Å². The summed E-state index contributed by atoms with van der Waals surface area (Å²) in [7, 11) is 2.72. The summed E-state index contributed by atoms with van der Waals surface area (Å²) in [4.78, 5) is 22.2. The zero-order valence-electron chi connectivity index (χ0n) is 9.75. The van der Waals surface area contributed by atoms with Gasteiger partial charge in [-0.05, 0) is 12.3 Å². The lowest BCUT2D eigenvalue weighted by Gasteiger charge is -2.13. The van der Waals surface area contributed by atoms with Crippen LogP contribution in [0.4, 0.5) is 0 Å². The molecule has 0 bridgehead atoms. The van der Waals surface area contributed by atoms with Crippen LogP contribution in [0.3, 0.4) is 0 Å². The molecule has 88 valence electrons. The van der Waals surface area contributed by atoms with Gasteiger partial charge in [-0.25, -0.2) is 0 Å². The molecule has 4 heteroatoms. The van der Waals surface area contributed by atoms with Crippen molar-refractivity contribution in [3.63, 3.8) is 0 Å². The Hall–Kier alpha value is -1.06. The standard InChI is InChI=1S/C11H20O4/c1-4-5-6-9(7-10(12)14-2)8-11(13)15-3/h9H,4-8H2,1-3H3. The second-order valence-electron chi connectivity index (χ2n) is 3.57. The van der Waals surface area contributed by atoms with Crippen LogP contribution in [0, 0.1) is 5.92 Å². The van der Waals surface area contributed by atoms with E-state index < -0.39 is 0 Å². The molecule has 0 radical (unpaired) electrons. The van der Waals surface area contributed by atoms with E-state index in [2.05, 4.69) is 16.4 Å². The normalized spacial score (nSPS) is 10.1. The smallest absolute Gasteiger partial charge is 0.305 e. The molecule has 0 saturated heterocycles. The van der Waals surface area contributed by atoms with Crippen LogP contribution >= 0.6 is 0 Å². The van der Waals surface area contributed by atoms with Crippen molar-refractivity contribution in [2.24, 2.45) is 5.92 Å². The first-order valence-electron chi connectivity index (χ1n) is 5.27. The zero-order chi connectivity index (χ0) is 11.7. The monoisotopic (exact) mass is 216 g/mol. The first-order chi connectivity index (χ1) is 7.13. The van der Waals surface area contributed by atoms with E-state index in [9.17, 15) is 9.59 Å². The van der Waals surface area contributed by atoms with Gasteiger partial charge in [0.2, 0.25) is 0 Å². The largest absolute Gasteiger partial charge is 0.469 e. The lowest BCUT2D eigenvalue weighted by atomic mass is 9.95.